The number of hydrogen-bond donors (Lipinski definition) is 8. The van der Waals surface area contributed by atoms with Crippen molar-refractivity contribution in [3.63, 3.8) is 0 Å². The van der Waals surface area contributed by atoms with Crippen LogP contribution in [0, 0.1) is 11.8 Å². The number of carbonyl (C=O) groups excluding carboxylic acids is 1. The van der Waals surface area contributed by atoms with Crippen LogP contribution in [0.15, 0.2) is 36.4 Å². The number of aliphatic hydroxyl groups is 6. The molecular weight excluding hydrogens is 540 g/mol. The molecule has 0 unspecified atom stereocenters. The summed E-state index contributed by atoms with van der Waals surface area (Å²) in [5.74, 6) is -1.76. The van der Waals surface area contributed by atoms with Crippen molar-refractivity contribution in [1.29, 1.82) is 0 Å². The Labute approximate surface area is 236 Å². The molecule has 0 radical (unpaired) electrons. The smallest absolute Gasteiger partial charge is 0.174 e. The Morgan fingerprint density at radius 2 is 1.59 bits per heavy atom. The van der Waals surface area contributed by atoms with Crippen LogP contribution in [0.25, 0.3) is 0 Å². The molecule has 1 aliphatic heterocycles. The summed E-state index contributed by atoms with van der Waals surface area (Å²) in [6.07, 6.45) is -10.8. The quantitative estimate of drug-likeness (QED) is 0.232. The number of ketones is 1. The Hall–Kier alpha value is -2.97. The Balaban J connectivity index is 1.41. The number of phenolic OH excluding ortho intramolecular Hbond substituents is 2. The monoisotopic (exact) mass is 576 g/mol. The lowest BCUT2D eigenvalue weighted by Gasteiger charge is -2.46. The molecule has 2 aliphatic carbocycles. The lowest BCUT2D eigenvalue weighted by atomic mass is 9.79. The molecule has 12 nitrogen and oxygen atoms in total. The van der Waals surface area contributed by atoms with E-state index in [0.717, 1.165) is 0 Å². The summed E-state index contributed by atoms with van der Waals surface area (Å²) in [5, 5.41) is 82.6. The summed E-state index contributed by atoms with van der Waals surface area (Å²) >= 11 is 0. The van der Waals surface area contributed by atoms with E-state index in [4.69, 9.17) is 14.2 Å². The first-order valence-corrected chi connectivity index (χ1v) is 13.7. The van der Waals surface area contributed by atoms with Crippen molar-refractivity contribution in [3.8, 4) is 23.0 Å². The highest BCUT2D eigenvalue weighted by molar-refractivity contribution is 6.02. The topological polar surface area (TPSA) is 207 Å². The molecule has 0 aromatic heterocycles. The third kappa shape index (κ3) is 5.73. The van der Waals surface area contributed by atoms with Crippen LogP contribution < -0.4 is 9.47 Å². The van der Waals surface area contributed by atoms with E-state index < -0.39 is 73.4 Å². The first-order chi connectivity index (χ1) is 19.5. The van der Waals surface area contributed by atoms with Gasteiger partial charge >= 0.3 is 0 Å². The van der Waals surface area contributed by atoms with Crippen molar-refractivity contribution in [3.05, 3.63) is 47.5 Å². The number of rotatable bonds is 6. The zero-order valence-electron chi connectivity index (χ0n) is 22.4. The van der Waals surface area contributed by atoms with Gasteiger partial charge in [-0.1, -0.05) is 19.1 Å². The maximum absolute atomic E-state index is 12.9. The van der Waals surface area contributed by atoms with Gasteiger partial charge in [-0.05, 0) is 36.5 Å². The lowest BCUT2D eigenvalue weighted by molar-refractivity contribution is -0.234. The van der Waals surface area contributed by atoms with Gasteiger partial charge in [0.05, 0.1) is 24.7 Å². The largest absolute Gasteiger partial charge is 0.508 e. The lowest BCUT2D eigenvalue weighted by Crippen LogP contribution is -2.61. The fourth-order valence-electron chi connectivity index (χ4n) is 6.01. The normalized spacial score (nSPS) is 37.2. The van der Waals surface area contributed by atoms with Gasteiger partial charge in [0.15, 0.2) is 5.78 Å². The number of aliphatic hydroxyl groups excluding tert-OH is 6. The predicted octanol–water partition coefficient (Wildman–Crippen LogP) is 0.162. The van der Waals surface area contributed by atoms with Gasteiger partial charge in [0.25, 0.3) is 0 Å². The van der Waals surface area contributed by atoms with E-state index in [0.29, 0.717) is 5.56 Å². The number of hydrogen-bond acceptors (Lipinski definition) is 12. The van der Waals surface area contributed by atoms with Gasteiger partial charge in [-0.15, -0.1) is 0 Å². The van der Waals surface area contributed by atoms with E-state index in [-0.39, 0.29) is 53.6 Å². The second-order valence-corrected chi connectivity index (χ2v) is 11.3. The fourth-order valence-corrected chi connectivity index (χ4v) is 6.01. The fraction of sp³-hybridized carbons (Fsp3) is 0.552. The van der Waals surface area contributed by atoms with Crippen LogP contribution in [0.4, 0.5) is 0 Å². The average Bonchev–Trinajstić information content (AvgIpc) is 2.94. The summed E-state index contributed by atoms with van der Waals surface area (Å²) in [4.78, 5) is 12.9. The first kappa shape index (κ1) is 29.5. The highest BCUT2D eigenvalue weighted by Gasteiger charge is 2.49. The van der Waals surface area contributed by atoms with Crippen LogP contribution in [-0.4, -0.2) is 102 Å². The van der Waals surface area contributed by atoms with Gasteiger partial charge in [0.1, 0.15) is 65.2 Å². The van der Waals surface area contributed by atoms with E-state index in [1.165, 1.54) is 24.3 Å². The van der Waals surface area contributed by atoms with Crippen molar-refractivity contribution in [2.45, 2.75) is 81.1 Å². The van der Waals surface area contributed by atoms with Crippen LogP contribution in [0.5, 0.6) is 23.0 Å². The molecule has 0 amide bonds. The van der Waals surface area contributed by atoms with Crippen LogP contribution >= 0.6 is 0 Å². The molecule has 11 atom stereocenters. The number of Topliss-reactive ketones (excluding diaryl/α,β-unsaturated/α-hetero) is 1. The van der Waals surface area contributed by atoms with E-state index in [2.05, 4.69) is 0 Å². The maximum atomic E-state index is 12.9. The van der Waals surface area contributed by atoms with E-state index in [9.17, 15) is 45.6 Å². The Morgan fingerprint density at radius 1 is 0.878 bits per heavy atom. The third-order valence-electron chi connectivity index (χ3n) is 8.43. The van der Waals surface area contributed by atoms with Gasteiger partial charge in [0.2, 0.25) is 0 Å². The second-order valence-electron chi connectivity index (χ2n) is 11.3. The summed E-state index contributed by atoms with van der Waals surface area (Å²) in [5.41, 5.74) is 0.628. The molecule has 2 fully saturated rings. The van der Waals surface area contributed by atoms with Gasteiger partial charge in [-0.2, -0.15) is 0 Å². The molecular formula is C29H36O12. The van der Waals surface area contributed by atoms with Gasteiger partial charge in [0, 0.05) is 24.7 Å². The van der Waals surface area contributed by atoms with E-state index in [1.807, 2.05) is 0 Å². The molecule has 1 heterocycles. The molecule has 0 spiro atoms. The minimum Gasteiger partial charge on any atom is -0.508 e. The molecule has 0 saturated heterocycles. The molecule has 12 heteroatoms. The van der Waals surface area contributed by atoms with Crippen LogP contribution in [-0.2, 0) is 4.74 Å². The molecule has 5 rings (SSSR count). The number of benzene rings is 2. The van der Waals surface area contributed by atoms with Crippen LogP contribution in [0.2, 0.25) is 0 Å². The van der Waals surface area contributed by atoms with E-state index in [1.54, 1.807) is 19.1 Å². The van der Waals surface area contributed by atoms with E-state index >= 15 is 0 Å². The van der Waals surface area contributed by atoms with Crippen molar-refractivity contribution in [2.75, 3.05) is 6.61 Å². The van der Waals surface area contributed by atoms with Crippen molar-refractivity contribution >= 4 is 5.78 Å². The van der Waals surface area contributed by atoms with Gasteiger partial charge in [-0.25, -0.2) is 0 Å². The number of aromatic hydroxyl groups is 2. The van der Waals surface area contributed by atoms with Crippen molar-refractivity contribution < 1.29 is 59.9 Å². The molecule has 3 aliphatic rings. The predicted molar refractivity (Wildman–Crippen MR) is 141 cm³/mol. The number of phenols is 2. The summed E-state index contributed by atoms with van der Waals surface area (Å²) in [7, 11) is 0. The SMILES string of the molecule is C[C@@H]1C[C@@H](O[C@@H]2[C@@H](O)[C@H](O)[C@@H](CO)C[C@H]2Oc2cc(O)c3c(c2)O[C@H](c2ccc(O)cc2)CC3=O)[C@H](O)[C@H](O)[C@H]1O. The molecule has 2 aromatic carbocycles. The average molecular weight is 577 g/mol. The molecule has 8 N–H and O–H groups in total. The molecule has 41 heavy (non-hydrogen) atoms. The minimum absolute atomic E-state index is 0.0145. The van der Waals surface area contributed by atoms with Crippen molar-refractivity contribution in [2.24, 2.45) is 11.8 Å². The van der Waals surface area contributed by atoms with Gasteiger partial charge in [-0.3, -0.25) is 4.79 Å². The Kier molecular flexibility index (Phi) is 8.44. The Bertz CT molecular complexity index is 1240. The molecule has 224 valence electrons. The third-order valence-corrected chi connectivity index (χ3v) is 8.43. The second kappa shape index (κ2) is 11.7. The summed E-state index contributed by atoms with van der Waals surface area (Å²) < 4.78 is 18.2. The highest BCUT2D eigenvalue weighted by atomic mass is 16.6. The molecule has 2 saturated carbocycles. The number of ether oxygens (including phenoxy) is 3. The minimum atomic E-state index is -1.54. The number of fused-ring (bicyclic) bond motifs is 1. The Morgan fingerprint density at radius 3 is 2.27 bits per heavy atom. The highest BCUT2D eigenvalue weighted by Crippen LogP contribution is 2.43. The zero-order chi connectivity index (χ0) is 29.6. The zero-order valence-corrected chi connectivity index (χ0v) is 22.4. The molecule has 2 aromatic rings. The van der Waals surface area contributed by atoms with Crippen LogP contribution in [0.1, 0.15) is 48.2 Å². The summed E-state index contributed by atoms with van der Waals surface area (Å²) in [6, 6.07) is 8.84. The standard InChI is InChI=1S/C29H36O12/c1-12-6-21(26(36)27(37)24(12)34)41-29-22(7-14(11-30)25(35)28(29)38)39-16-8-17(32)23-18(33)10-19(40-20(23)9-16)13-2-4-15(31)5-3-13/h2-5,8-9,12,14,19,21-22,24-32,34-38H,6-7,10-11H2,1H3/t12-,14-,19+,21-,22-,24+,25-,26+,27-,28+,29+/m1/s1. The first-order valence-electron chi connectivity index (χ1n) is 13.7. The molecule has 0 bridgehead atoms. The summed E-state index contributed by atoms with van der Waals surface area (Å²) in [6.45, 7) is 1.22. The van der Waals surface area contributed by atoms with Gasteiger partial charge < -0.3 is 55.1 Å². The van der Waals surface area contributed by atoms with Crippen molar-refractivity contribution in [1.82, 2.24) is 0 Å². The number of carbonyl (C=O) groups is 1. The maximum Gasteiger partial charge on any atom is 0.174 e. The van der Waals surface area contributed by atoms with Crippen LogP contribution in [0.3, 0.4) is 0 Å².